The summed E-state index contributed by atoms with van der Waals surface area (Å²) >= 11 is 0. The Balaban J connectivity index is 1.92. The molecule has 6 nitrogen and oxygen atoms in total. The van der Waals surface area contributed by atoms with Crippen LogP contribution in [0.25, 0.3) is 0 Å². The Kier molecular flexibility index (Phi) is 6.54. The van der Waals surface area contributed by atoms with Gasteiger partial charge in [0.25, 0.3) is 5.91 Å². The SMILES string of the molecule is CNC(=O)COc1ccc(NC(=O)C(C)C(N)c2ccccc2)cc1. The first-order valence-corrected chi connectivity index (χ1v) is 8.06. The monoisotopic (exact) mass is 341 g/mol. The van der Waals surface area contributed by atoms with Crippen LogP contribution in [0.1, 0.15) is 18.5 Å². The minimum Gasteiger partial charge on any atom is -0.484 e. The van der Waals surface area contributed by atoms with Gasteiger partial charge in [0.2, 0.25) is 5.91 Å². The van der Waals surface area contributed by atoms with Gasteiger partial charge in [-0.15, -0.1) is 0 Å². The van der Waals surface area contributed by atoms with Gasteiger partial charge in [-0.25, -0.2) is 0 Å². The van der Waals surface area contributed by atoms with Crippen LogP contribution in [0.5, 0.6) is 5.75 Å². The summed E-state index contributed by atoms with van der Waals surface area (Å²) in [5.74, 6) is -0.196. The molecule has 0 aliphatic heterocycles. The molecule has 0 fully saturated rings. The Bertz CT molecular complexity index is 702. The second kappa shape index (κ2) is 8.84. The van der Waals surface area contributed by atoms with Gasteiger partial charge < -0.3 is 21.1 Å². The molecule has 4 N–H and O–H groups in total. The molecule has 132 valence electrons. The third-order valence-electron chi connectivity index (χ3n) is 3.91. The van der Waals surface area contributed by atoms with E-state index in [1.54, 1.807) is 38.2 Å². The summed E-state index contributed by atoms with van der Waals surface area (Å²) in [5.41, 5.74) is 7.74. The largest absolute Gasteiger partial charge is 0.484 e. The maximum atomic E-state index is 12.4. The third kappa shape index (κ3) is 5.32. The lowest BCUT2D eigenvalue weighted by Gasteiger charge is -2.20. The van der Waals surface area contributed by atoms with E-state index < -0.39 is 0 Å². The van der Waals surface area contributed by atoms with Crippen LogP contribution in [-0.2, 0) is 9.59 Å². The van der Waals surface area contributed by atoms with E-state index in [9.17, 15) is 9.59 Å². The fourth-order valence-corrected chi connectivity index (χ4v) is 2.24. The number of amides is 2. The maximum absolute atomic E-state index is 12.4. The smallest absolute Gasteiger partial charge is 0.257 e. The number of hydrogen-bond donors (Lipinski definition) is 3. The fourth-order valence-electron chi connectivity index (χ4n) is 2.24. The van der Waals surface area contributed by atoms with E-state index in [1.807, 2.05) is 30.3 Å². The van der Waals surface area contributed by atoms with Crippen molar-refractivity contribution in [3.8, 4) is 5.75 Å². The molecule has 6 heteroatoms. The lowest BCUT2D eigenvalue weighted by Crippen LogP contribution is -2.30. The number of nitrogens with one attached hydrogen (secondary N) is 2. The van der Waals surface area contributed by atoms with Gasteiger partial charge in [0.15, 0.2) is 6.61 Å². The van der Waals surface area contributed by atoms with Crippen molar-refractivity contribution in [2.75, 3.05) is 19.0 Å². The highest BCUT2D eigenvalue weighted by Gasteiger charge is 2.22. The van der Waals surface area contributed by atoms with Crippen molar-refractivity contribution in [2.24, 2.45) is 11.7 Å². The van der Waals surface area contributed by atoms with Crippen LogP contribution >= 0.6 is 0 Å². The number of benzene rings is 2. The molecule has 2 rings (SSSR count). The topological polar surface area (TPSA) is 93.5 Å². The highest BCUT2D eigenvalue weighted by atomic mass is 16.5. The van der Waals surface area contributed by atoms with Gasteiger partial charge in [-0.1, -0.05) is 37.3 Å². The van der Waals surface area contributed by atoms with Crippen LogP contribution in [0.15, 0.2) is 54.6 Å². The zero-order chi connectivity index (χ0) is 18.2. The molecule has 0 saturated heterocycles. The maximum Gasteiger partial charge on any atom is 0.257 e. The molecule has 2 amide bonds. The minimum absolute atomic E-state index is 0.0504. The number of rotatable bonds is 7. The average Bonchev–Trinajstić information content (AvgIpc) is 2.66. The summed E-state index contributed by atoms with van der Waals surface area (Å²) in [7, 11) is 1.55. The molecule has 0 radical (unpaired) electrons. The van der Waals surface area contributed by atoms with E-state index in [2.05, 4.69) is 10.6 Å². The standard InChI is InChI=1S/C19H23N3O3/c1-13(18(20)14-6-4-3-5-7-14)19(24)22-15-8-10-16(11-9-15)25-12-17(23)21-2/h3-11,13,18H,12,20H2,1-2H3,(H,21,23)(H,22,24). The number of anilines is 1. The van der Waals surface area contributed by atoms with E-state index in [0.29, 0.717) is 11.4 Å². The summed E-state index contributed by atoms with van der Waals surface area (Å²) in [5, 5.41) is 5.32. The molecule has 0 spiro atoms. The van der Waals surface area contributed by atoms with Crippen LogP contribution in [-0.4, -0.2) is 25.5 Å². The first kappa shape index (κ1) is 18.5. The first-order chi connectivity index (χ1) is 12.0. The quantitative estimate of drug-likeness (QED) is 0.719. The molecular weight excluding hydrogens is 318 g/mol. The summed E-state index contributed by atoms with van der Waals surface area (Å²) in [6.45, 7) is 1.75. The summed E-state index contributed by atoms with van der Waals surface area (Å²) in [4.78, 5) is 23.5. The number of hydrogen-bond acceptors (Lipinski definition) is 4. The number of likely N-dealkylation sites (N-methyl/N-ethyl adjacent to an activating group) is 1. The Morgan fingerprint density at radius 2 is 1.72 bits per heavy atom. The molecule has 0 aliphatic rings. The van der Waals surface area contributed by atoms with Gasteiger partial charge >= 0.3 is 0 Å². The van der Waals surface area contributed by atoms with Crippen LogP contribution in [0.3, 0.4) is 0 Å². The van der Waals surface area contributed by atoms with E-state index in [1.165, 1.54) is 0 Å². The van der Waals surface area contributed by atoms with Crippen molar-refractivity contribution in [2.45, 2.75) is 13.0 Å². The fraction of sp³-hybridized carbons (Fsp3) is 0.263. The van der Waals surface area contributed by atoms with E-state index in [4.69, 9.17) is 10.5 Å². The number of ether oxygens (including phenoxy) is 1. The average molecular weight is 341 g/mol. The highest BCUT2D eigenvalue weighted by molar-refractivity contribution is 5.92. The van der Waals surface area contributed by atoms with Crippen molar-refractivity contribution in [3.63, 3.8) is 0 Å². The zero-order valence-electron chi connectivity index (χ0n) is 14.4. The van der Waals surface area contributed by atoms with Gasteiger partial charge in [-0.05, 0) is 29.8 Å². The van der Waals surface area contributed by atoms with Crippen LogP contribution < -0.4 is 21.1 Å². The van der Waals surface area contributed by atoms with Crippen LogP contribution in [0.2, 0.25) is 0 Å². The van der Waals surface area contributed by atoms with Gasteiger partial charge in [0.1, 0.15) is 5.75 Å². The van der Waals surface area contributed by atoms with Gasteiger partial charge in [-0.3, -0.25) is 9.59 Å². The first-order valence-electron chi connectivity index (χ1n) is 8.06. The molecular formula is C19H23N3O3. The van der Waals surface area contributed by atoms with Crippen molar-refractivity contribution < 1.29 is 14.3 Å². The Hall–Kier alpha value is -2.86. The molecule has 0 heterocycles. The summed E-state index contributed by atoms with van der Waals surface area (Å²) in [6.07, 6.45) is 0. The molecule has 0 bridgehead atoms. The van der Waals surface area contributed by atoms with Crippen molar-refractivity contribution in [3.05, 3.63) is 60.2 Å². The Morgan fingerprint density at radius 1 is 1.08 bits per heavy atom. The minimum atomic E-state index is -0.383. The van der Waals surface area contributed by atoms with Crippen molar-refractivity contribution >= 4 is 17.5 Å². The van der Waals surface area contributed by atoms with Gasteiger partial charge in [-0.2, -0.15) is 0 Å². The molecule has 2 aromatic rings. The molecule has 0 aliphatic carbocycles. The summed E-state index contributed by atoms with van der Waals surface area (Å²) in [6, 6.07) is 16.0. The van der Waals surface area contributed by atoms with E-state index in [0.717, 1.165) is 5.56 Å². The van der Waals surface area contributed by atoms with E-state index >= 15 is 0 Å². The highest BCUT2D eigenvalue weighted by Crippen LogP contribution is 2.22. The molecule has 0 saturated carbocycles. The normalized spacial score (nSPS) is 12.8. The Morgan fingerprint density at radius 3 is 2.32 bits per heavy atom. The lowest BCUT2D eigenvalue weighted by molar-refractivity contribution is -0.122. The third-order valence-corrected chi connectivity index (χ3v) is 3.91. The van der Waals surface area contributed by atoms with Crippen LogP contribution in [0, 0.1) is 5.92 Å². The van der Waals surface area contributed by atoms with Gasteiger partial charge in [0, 0.05) is 18.8 Å². The molecule has 2 aromatic carbocycles. The summed E-state index contributed by atoms with van der Waals surface area (Å²) < 4.78 is 5.32. The molecule has 2 unspecified atom stereocenters. The molecule has 0 aromatic heterocycles. The Labute approximate surface area is 147 Å². The van der Waals surface area contributed by atoms with Gasteiger partial charge in [0.05, 0.1) is 5.92 Å². The second-order valence-electron chi connectivity index (χ2n) is 5.70. The number of carbonyl (C=O) groups is 2. The number of nitrogens with two attached hydrogens (primary N) is 1. The predicted octanol–water partition coefficient (Wildman–Crippen LogP) is 2.09. The lowest BCUT2D eigenvalue weighted by atomic mass is 9.94. The van der Waals surface area contributed by atoms with E-state index in [-0.39, 0.29) is 30.4 Å². The van der Waals surface area contributed by atoms with Crippen molar-refractivity contribution in [1.29, 1.82) is 0 Å². The zero-order valence-corrected chi connectivity index (χ0v) is 14.4. The number of carbonyl (C=O) groups excluding carboxylic acids is 2. The van der Waals surface area contributed by atoms with Crippen molar-refractivity contribution in [1.82, 2.24) is 5.32 Å². The predicted molar refractivity (Wildman–Crippen MR) is 97.2 cm³/mol. The second-order valence-corrected chi connectivity index (χ2v) is 5.70. The molecule has 2 atom stereocenters. The molecule has 25 heavy (non-hydrogen) atoms. The van der Waals surface area contributed by atoms with Crippen LogP contribution in [0.4, 0.5) is 5.69 Å².